The maximum absolute atomic E-state index is 10.3. The molecule has 0 aliphatic carbocycles. The number of hydrogen-bond acceptors (Lipinski definition) is 3. The highest BCUT2D eigenvalue weighted by molar-refractivity contribution is 9.10. The number of carboxylic acid groups (broad SMARTS) is 1. The molecule has 0 bridgehead atoms. The third kappa shape index (κ3) is 4.33. The number of carbonyl (C=O) groups excluding carboxylic acids is 1. The molecule has 0 atom stereocenters. The molecule has 0 radical (unpaired) electrons. The van der Waals surface area contributed by atoms with Crippen LogP contribution in [0, 0.1) is 6.92 Å². The molecule has 1 aromatic rings. The number of benzene rings is 1. The normalized spacial score (nSPS) is 10.7. The molecule has 1 aromatic carbocycles. The van der Waals surface area contributed by atoms with E-state index in [0.717, 1.165) is 21.3 Å². The van der Waals surface area contributed by atoms with Gasteiger partial charge < -0.3 is 14.6 Å². The molecule has 0 heterocycles. The van der Waals surface area contributed by atoms with Gasteiger partial charge in [0.2, 0.25) is 0 Å². The van der Waals surface area contributed by atoms with E-state index in [1.54, 1.807) is 0 Å². The fourth-order valence-electron chi connectivity index (χ4n) is 1.65. The van der Waals surface area contributed by atoms with Gasteiger partial charge in [0.1, 0.15) is 5.75 Å². The molecule has 3 nitrogen and oxygen atoms in total. The zero-order valence-corrected chi connectivity index (χ0v) is 12.5. The lowest BCUT2D eigenvalue weighted by Crippen LogP contribution is -2.22. The maximum atomic E-state index is 10.3. The fraction of sp³-hybridized carbons (Fsp3) is 0.500. The number of aliphatic carboxylic acids is 1. The minimum Gasteiger partial charge on any atom is -0.550 e. The Morgan fingerprint density at radius 2 is 2.11 bits per heavy atom. The average Bonchev–Trinajstić information content (AvgIpc) is 2.28. The van der Waals surface area contributed by atoms with E-state index in [-0.39, 0.29) is 6.42 Å². The number of ether oxygens (including phenoxy) is 1. The maximum Gasteiger partial charge on any atom is 0.123 e. The van der Waals surface area contributed by atoms with Gasteiger partial charge in [-0.15, -0.1) is 0 Å². The summed E-state index contributed by atoms with van der Waals surface area (Å²) in [6.45, 7) is 6.60. The molecule has 0 saturated heterocycles. The van der Waals surface area contributed by atoms with Crippen LogP contribution >= 0.6 is 15.9 Å². The quantitative estimate of drug-likeness (QED) is 0.759. The van der Waals surface area contributed by atoms with Crippen LogP contribution in [-0.2, 0) is 4.79 Å². The zero-order chi connectivity index (χ0) is 13.7. The first kappa shape index (κ1) is 15.0. The summed E-state index contributed by atoms with van der Waals surface area (Å²) in [5, 5.41) is 10.3. The van der Waals surface area contributed by atoms with Crippen molar-refractivity contribution < 1.29 is 14.6 Å². The second-order valence-electron chi connectivity index (χ2n) is 4.62. The number of hydrogen-bond donors (Lipinski definition) is 0. The number of aryl methyl sites for hydroxylation is 1. The van der Waals surface area contributed by atoms with Crippen LogP contribution in [0.25, 0.3) is 0 Å². The van der Waals surface area contributed by atoms with Gasteiger partial charge in [-0.05, 0) is 48.9 Å². The molecule has 0 aromatic heterocycles. The SMILES string of the molecule is Cc1cc(OCCCC(=O)[O-])c(C(C)C)cc1Br. The molecule has 0 unspecified atom stereocenters. The van der Waals surface area contributed by atoms with Gasteiger partial charge in [-0.3, -0.25) is 0 Å². The van der Waals surface area contributed by atoms with E-state index in [4.69, 9.17) is 4.74 Å². The predicted molar refractivity (Wildman–Crippen MR) is 72.7 cm³/mol. The van der Waals surface area contributed by atoms with Crippen LogP contribution in [0.15, 0.2) is 16.6 Å². The van der Waals surface area contributed by atoms with Crippen LogP contribution in [0.4, 0.5) is 0 Å². The summed E-state index contributed by atoms with van der Waals surface area (Å²) in [6.07, 6.45) is 0.501. The van der Waals surface area contributed by atoms with Crippen molar-refractivity contribution in [2.45, 2.75) is 39.5 Å². The minimum absolute atomic E-state index is 0.0342. The molecule has 0 aliphatic rings. The largest absolute Gasteiger partial charge is 0.550 e. The van der Waals surface area contributed by atoms with Crippen LogP contribution < -0.4 is 9.84 Å². The first-order valence-corrected chi connectivity index (χ1v) is 6.83. The van der Waals surface area contributed by atoms with E-state index in [2.05, 4.69) is 35.8 Å². The molecule has 0 aliphatic heterocycles. The van der Waals surface area contributed by atoms with Crippen molar-refractivity contribution in [1.29, 1.82) is 0 Å². The van der Waals surface area contributed by atoms with Gasteiger partial charge in [-0.1, -0.05) is 29.8 Å². The zero-order valence-electron chi connectivity index (χ0n) is 11.0. The van der Waals surface area contributed by atoms with E-state index in [1.165, 1.54) is 0 Å². The number of rotatable bonds is 6. The molecule has 18 heavy (non-hydrogen) atoms. The Balaban J connectivity index is 2.74. The Morgan fingerprint density at radius 1 is 1.44 bits per heavy atom. The Labute approximate surface area is 116 Å². The first-order valence-electron chi connectivity index (χ1n) is 6.04. The summed E-state index contributed by atoms with van der Waals surface area (Å²) in [4.78, 5) is 10.3. The van der Waals surface area contributed by atoms with E-state index in [9.17, 15) is 9.90 Å². The standard InChI is InChI=1S/C14H19BrO3/c1-9(2)11-8-12(15)10(3)7-13(11)18-6-4-5-14(16)17/h7-9H,4-6H2,1-3H3,(H,16,17)/p-1. The van der Waals surface area contributed by atoms with Crippen LogP contribution in [-0.4, -0.2) is 12.6 Å². The van der Waals surface area contributed by atoms with E-state index in [1.807, 2.05) is 13.0 Å². The number of halogens is 1. The monoisotopic (exact) mass is 313 g/mol. The summed E-state index contributed by atoms with van der Waals surface area (Å²) in [6, 6.07) is 4.05. The molecular formula is C14H18BrO3-. The molecule has 1 rings (SSSR count). The predicted octanol–water partition coefficient (Wildman–Crippen LogP) is 2.79. The third-order valence-electron chi connectivity index (χ3n) is 2.70. The topological polar surface area (TPSA) is 49.4 Å². The van der Waals surface area contributed by atoms with Gasteiger partial charge in [0.05, 0.1) is 6.61 Å². The van der Waals surface area contributed by atoms with Crippen LogP contribution in [0.1, 0.15) is 43.7 Å². The lowest BCUT2D eigenvalue weighted by molar-refractivity contribution is -0.305. The average molecular weight is 314 g/mol. The summed E-state index contributed by atoms with van der Waals surface area (Å²) >= 11 is 3.51. The van der Waals surface area contributed by atoms with Crippen molar-refractivity contribution in [3.05, 3.63) is 27.7 Å². The Kier molecular flexibility index (Phi) is 5.66. The van der Waals surface area contributed by atoms with Gasteiger partial charge in [-0.2, -0.15) is 0 Å². The van der Waals surface area contributed by atoms with Crippen molar-refractivity contribution in [2.24, 2.45) is 0 Å². The van der Waals surface area contributed by atoms with E-state index >= 15 is 0 Å². The Hall–Kier alpha value is -1.03. The van der Waals surface area contributed by atoms with Crippen LogP contribution in [0.3, 0.4) is 0 Å². The summed E-state index contributed by atoms with van der Waals surface area (Å²) in [5.41, 5.74) is 2.23. The Bertz CT molecular complexity index is 427. The van der Waals surface area contributed by atoms with Gasteiger partial charge in [0.25, 0.3) is 0 Å². The Morgan fingerprint density at radius 3 is 2.67 bits per heavy atom. The highest BCUT2D eigenvalue weighted by atomic mass is 79.9. The van der Waals surface area contributed by atoms with Gasteiger partial charge >= 0.3 is 0 Å². The van der Waals surface area contributed by atoms with Crippen LogP contribution in [0.2, 0.25) is 0 Å². The summed E-state index contributed by atoms with van der Waals surface area (Å²) in [7, 11) is 0. The second kappa shape index (κ2) is 6.78. The van der Waals surface area contributed by atoms with Crippen molar-refractivity contribution >= 4 is 21.9 Å². The third-order valence-corrected chi connectivity index (χ3v) is 3.55. The van der Waals surface area contributed by atoms with Gasteiger partial charge in [-0.25, -0.2) is 0 Å². The first-order chi connectivity index (χ1) is 8.41. The molecule has 4 heteroatoms. The molecule has 0 fully saturated rings. The molecule has 0 amide bonds. The highest BCUT2D eigenvalue weighted by Gasteiger charge is 2.10. The lowest BCUT2D eigenvalue weighted by Gasteiger charge is -2.16. The summed E-state index contributed by atoms with van der Waals surface area (Å²) < 4.78 is 6.74. The highest BCUT2D eigenvalue weighted by Crippen LogP contribution is 2.32. The van der Waals surface area contributed by atoms with Crippen molar-refractivity contribution in [3.8, 4) is 5.75 Å². The minimum atomic E-state index is -1.03. The van der Waals surface area contributed by atoms with Crippen molar-refractivity contribution in [3.63, 3.8) is 0 Å². The fourth-order valence-corrected chi connectivity index (χ4v) is 2.01. The smallest absolute Gasteiger partial charge is 0.123 e. The van der Waals surface area contributed by atoms with Crippen molar-refractivity contribution in [1.82, 2.24) is 0 Å². The van der Waals surface area contributed by atoms with E-state index < -0.39 is 5.97 Å². The molecule has 0 saturated carbocycles. The van der Waals surface area contributed by atoms with Gasteiger partial charge in [0.15, 0.2) is 0 Å². The van der Waals surface area contributed by atoms with Crippen LogP contribution in [0.5, 0.6) is 5.75 Å². The van der Waals surface area contributed by atoms with E-state index in [0.29, 0.717) is 18.9 Å². The van der Waals surface area contributed by atoms with Gasteiger partial charge in [0, 0.05) is 10.4 Å². The molecular weight excluding hydrogens is 296 g/mol. The lowest BCUT2D eigenvalue weighted by atomic mass is 10.0. The molecule has 0 N–H and O–H groups in total. The molecule has 100 valence electrons. The number of carbonyl (C=O) groups is 1. The number of carboxylic acids is 1. The van der Waals surface area contributed by atoms with Crippen molar-refractivity contribution in [2.75, 3.05) is 6.61 Å². The summed E-state index contributed by atoms with van der Waals surface area (Å²) in [5.74, 6) is 0.164. The molecule has 0 spiro atoms. The second-order valence-corrected chi connectivity index (χ2v) is 5.47.